The summed E-state index contributed by atoms with van der Waals surface area (Å²) in [6.45, 7) is 2.32. The number of phosphoric acid groups is 1. The molecule has 0 aliphatic rings. The van der Waals surface area contributed by atoms with Gasteiger partial charge in [0.1, 0.15) is 12.7 Å². The van der Waals surface area contributed by atoms with Gasteiger partial charge in [-0.25, -0.2) is 4.57 Å². The Morgan fingerprint density at radius 3 is 1.50 bits per heavy atom. The molecular formula is C43H81O10P. The topological polar surface area (TPSA) is 149 Å². The van der Waals surface area contributed by atoms with E-state index in [0.717, 1.165) is 32.1 Å². The number of allylic oxidation sites excluding steroid dienone is 4. The largest absolute Gasteiger partial charge is 0.472 e. The molecule has 2 unspecified atom stereocenters. The lowest BCUT2D eigenvalue weighted by molar-refractivity contribution is -0.161. The van der Waals surface area contributed by atoms with Crippen LogP contribution in [0.1, 0.15) is 200 Å². The molecule has 0 saturated heterocycles. The van der Waals surface area contributed by atoms with Gasteiger partial charge in [-0.1, -0.05) is 179 Å². The van der Waals surface area contributed by atoms with Crippen LogP contribution in [0.15, 0.2) is 24.3 Å². The first-order valence-corrected chi connectivity index (χ1v) is 23.3. The van der Waals surface area contributed by atoms with E-state index in [4.69, 9.17) is 19.1 Å². The van der Waals surface area contributed by atoms with E-state index in [2.05, 4.69) is 30.5 Å². The Morgan fingerprint density at radius 2 is 1.00 bits per heavy atom. The van der Waals surface area contributed by atoms with E-state index in [1.54, 1.807) is 0 Å². The molecule has 0 aliphatic heterocycles. The predicted octanol–water partition coefficient (Wildman–Crippen LogP) is 11.4. The first kappa shape index (κ1) is 52.5. The zero-order chi connectivity index (χ0) is 39.8. The lowest BCUT2D eigenvalue weighted by Gasteiger charge is -2.20. The van der Waals surface area contributed by atoms with E-state index in [0.29, 0.717) is 12.8 Å². The summed E-state index contributed by atoms with van der Waals surface area (Å²) in [4.78, 5) is 34.9. The Labute approximate surface area is 329 Å². The lowest BCUT2D eigenvalue weighted by atomic mass is 10.0. The van der Waals surface area contributed by atoms with Crippen molar-refractivity contribution in [3.63, 3.8) is 0 Å². The Morgan fingerprint density at radius 1 is 0.556 bits per heavy atom. The molecule has 0 saturated carbocycles. The number of carbonyl (C=O) groups is 2. The quantitative estimate of drug-likeness (QED) is 0.0236. The summed E-state index contributed by atoms with van der Waals surface area (Å²) < 4.78 is 32.6. The van der Waals surface area contributed by atoms with Crippen molar-refractivity contribution in [2.24, 2.45) is 0 Å². The SMILES string of the molecule is CCCCCCCC/C=C/C/C=C/CCC(=O)OC(COC(=O)CCCCCCCCCCCCCCCCCCCC)COP(=O)(O)OC[C@H](O)CO. The molecule has 3 atom stereocenters. The minimum Gasteiger partial charge on any atom is -0.462 e. The number of esters is 2. The van der Waals surface area contributed by atoms with E-state index in [9.17, 15) is 24.2 Å². The zero-order valence-corrected chi connectivity index (χ0v) is 35.3. The molecule has 0 fully saturated rings. The number of carbonyl (C=O) groups excluding carboxylic acids is 2. The van der Waals surface area contributed by atoms with Crippen LogP contribution in [0.5, 0.6) is 0 Å². The second kappa shape index (κ2) is 39.7. The van der Waals surface area contributed by atoms with E-state index in [1.165, 1.54) is 128 Å². The van der Waals surface area contributed by atoms with Gasteiger partial charge in [-0.15, -0.1) is 0 Å². The van der Waals surface area contributed by atoms with Crippen LogP contribution in [0.2, 0.25) is 0 Å². The molecule has 54 heavy (non-hydrogen) atoms. The molecule has 0 bridgehead atoms. The van der Waals surface area contributed by atoms with Gasteiger partial charge in [-0.05, 0) is 32.1 Å². The molecule has 0 aromatic carbocycles. The second-order valence-corrected chi connectivity index (χ2v) is 16.2. The normalized spacial score (nSPS) is 14.1. The first-order chi connectivity index (χ1) is 26.2. The van der Waals surface area contributed by atoms with Gasteiger partial charge in [0.25, 0.3) is 0 Å². The second-order valence-electron chi connectivity index (χ2n) is 14.7. The van der Waals surface area contributed by atoms with Gasteiger partial charge in [0.15, 0.2) is 6.10 Å². The number of ether oxygens (including phenoxy) is 2. The Kier molecular flexibility index (Phi) is 38.5. The van der Waals surface area contributed by atoms with Crippen LogP contribution >= 0.6 is 7.82 Å². The van der Waals surface area contributed by atoms with Crippen molar-refractivity contribution in [2.45, 2.75) is 212 Å². The highest BCUT2D eigenvalue weighted by Gasteiger charge is 2.27. The maximum absolute atomic E-state index is 12.5. The average Bonchev–Trinajstić information content (AvgIpc) is 3.16. The molecule has 0 radical (unpaired) electrons. The molecule has 10 nitrogen and oxygen atoms in total. The molecular weight excluding hydrogens is 707 g/mol. The molecule has 0 aromatic heterocycles. The van der Waals surface area contributed by atoms with E-state index in [1.807, 2.05) is 12.2 Å². The number of hydrogen-bond donors (Lipinski definition) is 3. The molecule has 3 N–H and O–H groups in total. The van der Waals surface area contributed by atoms with Gasteiger partial charge >= 0.3 is 19.8 Å². The standard InChI is InChI=1S/C43H81O10P/c1-3-5-7-9-11-13-15-17-18-19-20-21-23-24-26-28-30-32-34-42(46)50-38-41(39-52-54(48,49)51-37-40(45)36-44)53-43(47)35-33-31-29-27-25-22-16-14-12-10-8-6-4-2/h22,25,29,31,40-41,44-45H,3-21,23-24,26-28,30,32-39H2,1-2H3,(H,48,49)/b25-22+,31-29+/t40-,41?/m1/s1. The molecule has 318 valence electrons. The third-order valence-corrected chi connectivity index (χ3v) is 10.3. The minimum absolute atomic E-state index is 0.0811. The third-order valence-electron chi connectivity index (χ3n) is 9.37. The van der Waals surface area contributed by atoms with Crippen molar-refractivity contribution >= 4 is 19.8 Å². The van der Waals surface area contributed by atoms with Crippen LogP contribution in [0, 0.1) is 0 Å². The summed E-state index contributed by atoms with van der Waals surface area (Å²) in [5.74, 6) is -0.995. The summed E-state index contributed by atoms with van der Waals surface area (Å²) in [6.07, 6.45) is 38.8. The van der Waals surface area contributed by atoms with Gasteiger partial charge in [0, 0.05) is 12.8 Å². The Hall–Kier alpha value is -1.55. The van der Waals surface area contributed by atoms with Gasteiger partial charge in [-0.2, -0.15) is 0 Å². The highest BCUT2D eigenvalue weighted by Crippen LogP contribution is 2.43. The van der Waals surface area contributed by atoms with Crippen molar-refractivity contribution in [1.29, 1.82) is 0 Å². The Bertz CT molecular complexity index is 957. The van der Waals surface area contributed by atoms with Crippen molar-refractivity contribution < 1.29 is 47.8 Å². The average molecular weight is 789 g/mol. The first-order valence-electron chi connectivity index (χ1n) is 21.8. The van der Waals surface area contributed by atoms with Crippen molar-refractivity contribution in [2.75, 3.05) is 26.4 Å². The van der Waals surface area contributed by atoms with Gasteiger partial charge < -0.3 is 24.6 Å². The number of aliphatic hydroxyl groups is 2. The molecule has 0 rings (SSSR count). The third kappa shape index (κ3) is 38.7. The summed E-state index contributed by atoms with van der Waals surface area (Å²) in [5, 5.41) is 18.3. The summed E-state index contributed by atoms with van der Waals surface area (Å²) >= 11 is 0. The van der Waals surface area contributed by atoms with Crippen LogP contribution in [0.25, 0.3) is 0 Å². The molecule has 0 aromatic rings. The molecule has 11 heteroatoms. The van der Waals surface area contributed by atoms with Crippen molar-refractivity contribution in [3.05, 3.63) is 24.3 Å². The van der Waals surface area contributed by atoms with Crippen LogP contribution in [-0.2, 0) is 32.7 Å². The number of phosphoric ester groups is 1. The van der Waals surface area contributed by atoms with Crippen LogP contribution in [-0.4, -0.2) is 65.7 Å². The van der Waals surface area contributed by atoms with Crippen LogP contribution in [0.3, 0.4) is 0 Å². The summed E-state index contributed by atoms with van der Waals surface area (Å²) in [7, 11) is -4.63. The molecule has 0 aliphatic carbocycles. The van der Waals surface area contributed by atoms with Gasteiger partial charge in [0.2, 0.25) is 0 Å². The molecule has 0 heterocycles. The number of rotatable bonds is 41. The lowest BCUT2D eigenvalue weighted by Crippen LogP contribution is -2.29. The number of unbranched alkanes of at least 4 members (excludes halogenated alkanes) is 23. The smallest absolute Gasteiger partial charge is 0.462 e. The van der Waals surface area contributed by atoms with Crippen LogP contribution in [0.4, 0.5) is 0 Å². The van der Waals surface area contributed by atoms with Crippen molar-refractivity contribution in [1.82, 2.24) is 0 Å². The van der Waals surface area contributed by atoms with Crippen molar-refractivity contribution in [3.8, 4) is 0 Å². The fourth-order valence-electron chi connectivity index (χ4n) is 5.99. The highest BCUT2D eigenvalue weighted by atomic mass is 31.2. The number of hydrogen-bond acceptors (Lipinski definition) is 9. The summed E-state index contributed by atoms with van der Waals surface area (Å²) in [5.41, 5.74) is 0. The Balaban J connectivity index is 4.29. The summed E-state index contributed by atoms with van der Waals surface area (Å²) in [6, 6.07) is 0. The fraction of sp³-hybridized carbons (Fsp3) is 0.860. The maximum Gasteiger partial charge on any atom is 0.472 e. The molecule has 0 amide bonds. The van der Waals surface area contributed by atoms with Crippen LogP contribution < -0.4 is 0 Å². The fourth-order valence-corrected chi connectivity index (χ4v) is 6.78. The number of aliphatic hydroxyl groups excluding tert-OH is 2. The monoisotopic (exact) mass is 789 g/mol. The van der Waals surface area contributed by atoms with E-state index in [-0.39, 0.29) is 19.4 Å². The predicted molar refractivity (Wildman–Crippen MR) is 219 cm³/mol. The minimum atomic E-state index is -4.63. The zero-order valence-electron chi connectivity index (χ0n) is 34.4. The molecule has 0 spiro atoms. The van der Waals surface area contributed by atoms with Gasteiger partial charge in [-0.3, -0.25) is 18.6 Å². The van der Waals surface area contributed by atoms with E-state index >= 15 is 0 Å². The van der Waals surface area contributed by atoms with E-state index < -0.39 is 51.8 Å². The maximum atomic E-state index is 12.5. The van der Waals surface area contributed by atoms with Gasteiger partial charge in [0.05, 0.1) is 19.8 Å². The highest BCUT2D eigenvalue weighted by molar-refractivity contribution is 7.47.